The smallest absolute Gasteiger partial charge is 0.134 e. The molecule has 1 aromatic rings. The number of ether oxygens (including phenoxy) is 2. The average Bonchev–Trinajstić information content (AvgIpc) is 3.03. The molecule has 0 spiro atoms. The van der Waals surface area contributed by atoms with Crippen LogP contribution in [-0.4, -0.2) is 26.3 Å². The topological polar surface area (TPSA) is 42.5 Å². The fourth-order valence-corrected chi connectivity index (χ4v) is 2.24. The van der Waals surface area contributed by atoms with Gasteiger partial charge in [0.05, 0.1) is 13.2 Å². The summed E-state index contributed by atoms with van der Waals surface area (Å²) in [5.74, 6) is 0. The van der Waals surface area contributed by atoms with Gasteiger partial charge in [0.1, 0.15) is 12.5 Å². The molecule has 2 aliphatic rings. The molecule has 1 aromatic carbocycles. The molecule has 86 valence electrons. The maximum Gasteiger partial charge on any atom is 0.134 e. The lowest BCUT2D eigenvalue weighted by Gasteiger charge is -2.19. The van der Waals surface area contributed by atoms with E-state index in [9.17, 15) is 0 Å². The molecule has 2 fully saturated rings. The second kappa shape index (κ2) is 4.51. The molecular weight excluding hydrogens is 204 g/mol. The minimum atomic E-state index is 0.0159. The van der Waals surface area contributed by atoms with Gasteiger partial charge in [-0.2, -0.15) is 0 Å². The molecule has 0 aromatic heterocycles. The molecule has 0 radical (unpaired) electrons. The van der Waals surface area contributed by atoms with Crippen LogP contribution in [0.2, 0.25) is 0 Å². The molecule has 2 aliphatic heterocycles. The summed E-state index contributed by atoms with van der Waals surface area (Å²) in [6.07, 6.45) is 0.0319. The van der Waals surface area contributed by atoms with E-state index in [2.05, 4.69) is 22.8 Å². The van der Waals surface area contributed by atoms with Gasteiger partial charge in [0.2, 0.25) is 0 Å². The molecule has 16 heavy (non-hydrogen) atoms. The Hall–Kier alpha value is -0.940. The molecule has 0 saturated carbocycles. The molecule has 2 unspecified atom stereocenters. The van der Waals surface area contributed by atoms with Crippen molar-refractivity contribution in [1.29, 1.82) is 0 Å². The minimum Gasteiger partial charge on any atom is -0.358 e. The Balaban J connectivity index is 1.90. The van der Waals surface area contributed by atoms with Crippen LogP contribution in [0.4, 0.5) is 0 Å². The van der Waals surface area contributed by atoms with E-state index in [0.29, 0.717) is 0 Å². The van der Waals surface area contributed by atoms with Gasteiger partial charge in [-0.25, -0.2) is 0 Å². The maximum absolute atomic E-state index is 5.64. The van der Waals surface area contributed by atoms with Crippen molar-refractivity contribution in [2.24, 2.45) is 0 Å². The number of hydrogen-bond donors (Lipinski definition) is 2. The highest BCUT2D eigenvalue weighted by molar-refractivity contribution is 5.31. The Morgan fingerprint density at radius 3 is 1.75 bits per heavy atom. The zero-order valence-corrected chi connectivity index (χ0v) is 9.11. The Kier molecular flexibility index (Phi) is 2.88. The molecule has 0 aliphatic carbocycles. The zero-order chi connectivity index (χ0) is 10.8. The molecule has 3 rings (SSSR count). The van der Waals surface area contributed by atoms with Crippen LogP contribution in [0.3, 0.4) is 0 Å². The van der Waals surface area contributed by atoms with Crippen molar-refractivity contribution < 1.29 is 9.47 Å². The Bertz CT molecular complexity index is 323. The summed E-state index contributed by atoms with van der Waals surface area (Å²) in [5, 5.41) is 6.66. The fourth-order valence-electron chi connectivity index (χ4n) is 2.24. The number of nitrogens with one attached hydrogen (secondary N) is 2. The lowest BCUT2D eigenvalue weighted by molar-refractivity contribution is 0.0834. The van der Waals surface area contributed by atoms with E-state index < -0.39 is 0 Å². The number of rotatable bonds is 2. The molecule has 4 heteroatoms. The maximum atomic E-state index is 5.64. The minimum absolute atomic E-state index is 0.0159. The lowest BCUT2D eigenvalue weighted by Crippen LogP contribution is -2.20. The van der Waals surface area contributed by atoms with Gasteiger partial charge < -0.3 is 9.47 Å². The van der Waals surface area contributed by atoms with E-state index in [-0.39, 0.29) is 12.5 Å². The van der Waals surface area contributed by atoms with E-state index in [1.54, 1.807) is 0 Å². The van der Waals surface area contributed by atoms with E-state index >= 15 is 0 Å². The summed E-state index contributed by atoms with van der Waals surface area (Å²) >= 11 is 0. The fraction of sp³-hybridized carbons (Fsp3) is 0.500. The van der Waals surface area contributed by atoms with E-state index in [1.807, 2.05) is 12.1 Å². The summed E-state index contributed by atoms with van der Waals surface area (Å²) in [5.41, 5.74) is 2.36. The Labute approximate surface area is 94.9 Å². The van der Waals surface area contributed by atoms with Crippen LogP contribution in [0, 0.1) is 0 Å². The van der Waals surface area contributed by atoms with Gasteiger partial charge >= 0.3 is 0 Å². The first-order valence-electron chi connectivity index (χ1n) is 5.74. The first-order chi connectivity index (χ1) is 7.95. The van der Waals surface area contributed by atoms with Crippen LogP contribution in [0.5, 0.6) is 0 Å². The third-order valence-corrected chi connectivity index (χ3v) is 2.99. The zero-order valence-electron chi connectivity index (χ0n) is 9.11. The van der Waals surface area contributed by atoms with Crippen LogP contribution in [0.15, 0.2) is 24.3 Å². The first-order valence-corrected chi connectivity index (χ1v) is 5.74. The predicted octanol–water partition coefficient (Wildman–Crippen LogP) is 0.923. The standard InChI is InChI=1S/C12H16N2O2/c1-2-4-10(12-14-6-8-16-12)9(3-1)11-13-5-7-15-11/h1-4,11-14H,5-8H2. The van der Waals surface area contributed by atoms with Crippen molar-refractivity contribution in [3.63, 3.8) is 0 Å². The number of hydrogen-bond acceptors (Lipinski definition) is 4. The van der Waals surface area contributed by atoms with Gasteiger partial charge in [-0.1, -0.05) is 24.3 Å². The summed E-state index contributed by atoms with van der Waals surface area (Å²) < 4.78 is 11.3. The van der Waals surface area contributed by atoms with Crippen molar-refractivity contribution in [2.45, 2.75) is 12.5 Å². The molecule has 2 atom stereocenters. The Morgan fingerprint density at radius 1 is 0.875 bits per heavy atom. The normalized spacial score (nSPS) is 29.8. The second-order valence-electron chi connectivity index (χ2n) is 4.04. The average molecular weight is 220 g/mol. The molecule has 0 amide bonds. The van der Waals surface area contributed by atoms with Crippen LogP contribution in [0.25, 0.3) is 0 Å². The summed E-state index contributed by atoms with van der Waals surface area (Å²) in [6, 6.07) is 8.28. The second-order valence-corrected chi connectivity index (χ2v) is 4.04. The van der Waals surface area contributed by atoms with Gasteiger partial charge in [0, 0.05) is 24.2 Å². The van der Waals surface area contributed by atoms with Crippen molar-refractivity contribution in [3.05, 3.63) is 35.4 Å². The van der Waals surface area contributed by atoms with Gasteiger partial charge in [-0.3, -0.25) is 10.6 Å². The van der Waals surface area contributed by atoms with Gasteiger partial charge in [-0.15, -0.1) is 0 Å². The molecule has 2 N–H and O–H groups in total. The molecule has 2 heterocycles. The summed E-state index contributed by atoms with van der Waals surface area (Å²) in [4.78, 5) is 0. The van der Waals surface area contributed by atoms with E-state index in [0.717, 1.165) is 26.3 Å². The van der Waals surface area contributed by atoms with E-state index in [4.69, 9.17) is 9.47 Å². The molecular formula is C12H16N2O2. The van der Waals surface area contributed by atoms with Gasteiger partial charge in [-0.05, 0) is 0 Å². The highest BCUT2D eigenvalue weighted by Gasteiger charge is 2.25. The third-order valence-electron chi connectivity index (χ3n) is 2.99. The summed E-state index contributed by atoms with van der Waals surface area (Å²) in [7, 11) is 0. The van der Waals surface area contributed by atoms with Gasteiger partial charge in [0.15, 0.2) is 0 Å². The predicted molar refractivity (Wildman–Crippen MR) is 59.8 cm³/mol. The molecule has 2 saturated heterocycles. The van der Waals surface area contributed by atoms with Crippen LogP contribution < -0.4 is 10.6 Å². The van der Waals surface area contributed by atoms with Crippen molar-refractivity contribution in [2.75, 3.05) is 26.3 Å². The highest BCUT2D eigenvalue weighted by atomic mass is 16.5. The van der Waals surface area contributed by atoms with Crippen LogP contribution >= 0.6 is 0 Å². The first kappa shape index (κ1) is 10.2. The quantitative estimate of drug-likeness (QED) is 0.778. The Morgan fingerprint density at radius 2 is 1.38 bits per heavy atom. The molecule has 0 bridgehead atoms. The molecule has 4 nitrogen and oxygen atoms in total. The van der Waals surface area contributed by atoms with Gasteiger partial charge in [0.25, 0.3) is 0 Å². The van der Waals surface area contributed by atoms with Crippen molar-refractivity contribution >= 4 is 0 Å². The third kappa shape index (κ3) is 1.85. The lowest BCUT2D eigenvalue weighted by atomic mass is 10.0. The monoisotopic (exact) mass is 220 g/mol. The largest absolute Gasteiger partial charge is 0.358 e. The van der Waals surface area contributed by atoms with Crippen LogP contribution in [0.1, 0.15) is 23.6 Å². The highest BCUT2D eigenvalue weighted by Crippen LogP contribution is 2.28. The number of benzene rings is 1. The summed E-state index contributed by atoms with van der Waals surface area (Å²) in [6.45, 7) is 3.38. The van der Waals surface area contributed by atoms with Crippen molar-refractivity contribution in [1.82, 2.24) is 10.6 Å². The van der Waals surface area contributed by atoms with Crippen LogP contribution in [-0.2, 0) is 9.47 Å². The van der Waals surface area contributed by atoms with E-state index in [1.165, 1.54) is 11.1 Å². The van der Waals surface area contributed by atoms with Crippen molar-refractivity contribution in [3.8, 4) is 0 Å². The SMILES string of the molecule is c1ccc(C2NCCO2)c(C2NCCO2)c1.